The Hall–Kier alpha value is -2.60. The van der Waals surface area contributed by atoms with Gasteiger partial charge in [0.05, 0.1) is 22.6 Å². The lowest BCUT2D eigenvalue weighted by Crippen LogP contribution is -2.30. The average Bonchev–Trinajstić information content (AvgIpc) is 3.22. The fourth-order valence-corrected chi connectivity index (χ4v) is 5.39. The number of hydrogen-bond acceptors (Lipinski definition) is 3. The van der Waals surface area contributed by atoms with Gasteiger partial charge in [0.1, 0.15) is 0 Å². The number of fused-ring (bicyclic) bond motifs is 1. The second kappa shape index (κ2) is 5.99. The van der Waals surface area contributed by atoms with E-state index in [1.807, 2.05) is 61.9 Å². The largest absolute Gasteiger partial charge is 0.306 e. The summed E-state index contributed by atoms with van der Waals surface area (Å²) < 4.78 is 30.1. The van der Waals surface area contributed by atoms with Crippen LogP contribution in [0.1, 0.15) is 22.4 Å². The number of benzene rings is 2. The lowest BCUT2D eigenvalue weighted by atomic mass is 10.1. The summed E-state index contributed by atoms with van der Waals surface area (Å²) in [7, 11) is -3.59. The minimum atomic E-state index is -3.59. The van der Waals surface area contributed by atoms with E-state index in [0.29, 0.717) is 11.4 Å². The Kier molecular flexibility index (Phi) is 3.88. The van der Waals surface area contributed by atoms with E-state index in [-0.39, 0.29) is 0 Å². The molecular formula is C20H21N3O2S. The van der Waals surface area contributed by atoms with Gasteiger partial charge in [0, 0.05) is 18.4 Å². The normalized spacial score (nSPS) is 13.9. The Morgan fingerprint density at radius 2 is 1.85 bits per heavy atom. The van der Waals surface area contributed by atoms with Crippen LogP contribution in [0.2, 0.25) is 0 Å². The predicted molar refractivity (Wildman–Crippen MR) is 102 cm³/mol. The van der Waals surface area contributed by atoms with Crippen molar-refractivity contribution in [2.45, 2.75) is 32.1 Å². The quantitative estimate of drug-likeness (QED) is 0.711. The standard InChI is InChI=1S/C20H21N3O2S/c1-14-5-4-6-17-9-10-23(20(14)17)26(24,25)19-8-7-18(11-15(19)2)22-12-16(3)21-13-22/h4-8,11-13H,9-10H2,1-3H3. The number of rotatable bonds is 3. The van der Waals surface area contributed by atoms with Gasteiger partial charge in [0.15, 0.2) is 0 Å². The van der Waals surface area contributed by atoms with Gasteiger partial charge in [-0.15, -0.1) is 0 Å². The zero-order valence-corrected chi connectivity index (χ0v) is 15.9. The number of aromatic nitrogens is 2. The van der Waals surface area contributed by atoms with Crippen LogP contribution in [0.15, 0.2) is 53.8 Å². The van der Waals surface area contributed by atoms with E-state index in [0.717, 1.165) is 40.2 Å². The van der Waals surface area contributed by atoms with Crippen LogP contribution >= 0.6 is 0 Å². The topological polar surface area (TPSA) is 55.2 Å². The monoisotopic (exact) mass is 367 g/mol. The second-order valence-electron chi connectivity index (χ2n) is 6.78. The zero-order valence-electron chi connectivity index (χ0n) is 15.1. The van der Waals surface area contributed by atoms with Crippen LogP contribution in [0.3, 0.4) is 0 Å². The first kappa shape index (κ1) is 16.8. The van der Waals surface area contributed by atoms with Crippen molar-refractivity contribution in [2.75, 3.05) is 10.8 Å². The highest BCUT2D eigenvalue weighted by atomic mass is 32.2. The van der Waals surface area contributed by atoms with E-state index < -0.39 is 10.0 Å². The number of aryl methyl sites for hydroxylation is 3. The van der Waals surface area contributed by atoms with Crippen molar-refractivity contribution in [1.82, 2.24) is 9.55 Å². The number of para-hydroxylation sites is 1. The van der Waals surface area contributed by atoms with Gasteiger partial charge in [-0.25, -0.2) is 13.4 Å². The Bertz CT molecular complexity index is 1100. The first-order chi connectivity index (χ1) is 12.4. The molecule has 0 bridgehead atoms. The van der Waals surface area contributed by atoms with Crippen LogP contribution in [0.4, 0.5) is 5.69 Å². The zero-order chi connectivity index (χ0) is 18.5. The summed E-state index contributed by atoms with van der Waals surface area (Å²) in [5.41, 5.74) is 5.48. The van der Waals surface area contributed by atoms with Crippen LogP contribution in [0.25, 0.3) is 5.69 Å². The maximum Gasteiger partial charge on any atom is 0.264 e. The first-order valence-electron chi connectivity index (χ1n) is 8.61. The SMILES string of the molecule is Cc1cn(-c2ccc(S(=O)(=O)N3CCc4cccc(C)c43)c(C)c2)cn1. The highest BCUT2D eigenvalue weighted by Gasteiger charge is 2.32. The maximum absolute atomic E-state index is 13.3. The molecule has 6 heteroatoms. The van der Waals surface area contributed by atoms with Crippen LogP contribution in [0.5, 0.6) is 0 Å². The van der Waals surface area contributed by atoms with Gasteiger partial charge >= 0.3 is 0 Å². The number of anilines is 1. The molecule has 1 aromatic heterocycles. The van der Waals surface area contributed by atoms with Gasteiger partial charge in [-0.3, -0.25) is 4.31 Å². The molecule has 0 radical (unpaired) electrons. The highest BCUT2D eigenvalue weighted by Crippen LogP contribution is 2.36. The lowest BCUT2D eigenvalue weighted by Gasteiger charge is -2.22. The molecule has 0 amide bonds. The molecular weight excluding hydrogens is 346 g/mol. The molecule has 0 N–H and O–H groups in total. The van der Waals surface area contributed by atoms with Crippen molar-refractivity contribution in [3.63, 3.8) is 0 Å². The molecule has 0 aliphatic carbocycles. The Balaban J connectivity index is 1.76. The van der Waals surface area contributed by atoms with Crippen LogP contribution in [-0.4, -0.2) is 24.5 Å². The van der Waals surface area contributed by atoms with Gasteiger partial charge < -0.3 is 4.57 Å². The van der Waals surface area contributed by atoms with Crippen molar-refractivity contribution < 1.29 is 8.42 Å². The molecule has 2 heterocycles. The van der Waals surface area contributed by atoms with Crippen LogP contribution < -0.4 is 4.31 Å². The molecule has 2 aromatic carbocycles. The van der Waals surface area contributed by atoms with E-state index in [9.17, 15) is 8.42 Å². The number of imidazole rings is 1. The van der Waals surface area contributed by atoms with E-state index in [2.05, 4.69) is 4.98 Å². The van der Waals surface area contributed by atoms with Crippen molar-refractivity contribution >= 4 is 15.7 Å². The van der Waals surface area contributed by atoms with Crippen LogP contribution in [0, 0.1) is 20.8 Å². The third-order valence-electron chi connectivity index (χ3n) is 4.89. The van der Waals surface area contributed by atoms with E-state index >= 15 is 0 Å². The summed E-state index contributed by atoms with van der Waals surface area (Å²) in [6.45, 7) is 6.22. The molecule has 3 aromatic rings. The van der Waals surface area contributed by atoms with E-state index in [4.69, 9.17) is 0 Å². The lowest BCUT2D eigenvalue weighted by molar-refractivity contribution is 0.591. The predicted octanol–water partition coefficient (Wildman–Crippen LogP) is 3.55. The highest BCUT2D eigenvalue weighted by molar-refractivity contribution is 7.93. The summed E-state index contributed by atoms with van der Waals surface area (Å²) in [4.78, 5) is 4.58. The second-order valence-corrected chi connectivity index (χ2v) is 8.61. The summed E-state index contributed by atoms with van der Waals surface area (Å²) in [6, 6.07) is 11.4. The average molecular weight is 367 g/mol. The third-order valence-corrected chi connectivity index (χ3v) is 6.85. The van der Waals surface area contributed by atoms with Gasteiger partial charge in [-0.05, 0) is 62.1 Å². The molecule has 0 atom stereocenters. The van der Waals surface area contributed by atoms with Gasteiger partial charge in [-0.1, -0.05) is 18.2 Å². The molecule has 5 nitrogen and oxygen atoms in total. The summed E-state index contributed by atoms with van der Waals surface area (Å²) in [5.74, 6) is 0. The van der Waals surface area contributed by atoms with Gasteiger partial charge in [0.2, 0.25) is 0 Å². The first-order valence-corrected chi connectivity index (χ1v) is 10.0. The molecule has 0 saturated carbocycles. The fourth-order valence-electron chi connectivity index (χ4n) is 3.62. The minimum absolute atomic E-state index is 0.356. The van der Waals surface area contributed by atoms with E-state index in [1.54, 1.807) is 16.7 Å². The minimum Gasteiger partial charge on any atom is -0.306 e. The molecule has 0 unspecified atom stereocenters. The van der Waals surface area contributed by atoms with Crippen molar-refractivity contribution in [3.8, 4) is 5.69 Å². The van der Waals surface area contributed by atoms with E-state index in [1.165, 1.54) is 0 Å². The Morgan fingerprint density at radius 1 is 1.04 bits per heavy atom. The van der Waals surface area contributed by atoms with Gasteiger partial charge in [-0.2, -0.15) is 0 Å². The van der Waals surface area contributed by atoms with Crippen molar-refractivity contribution in [3.05, 3.63) is 71.3 Å². The molecule has 0 spiro atoms. The van der Waals surface area contributed by atoms with Crippen molar-refractivity contribution in [2.24, 2.45) is 0 Å². The van der Waals surface area contributed by atoms with Gasteiger partial charge in [0.25, 0.3) is 10.0 Å². The number of hydrogen-bond donors (Lipinski definition) is 0. The third kappa shape index (κ3) is 2.61. The summed E-state index contributed by atoms with van der Waals surface area (Å²) >= 11 is 0. The Labute approximate surface area is 154 Å². The molecule has 1 aliphatic heterocycles. The molecule has 0 fully saturated rings. The Morgan fingerprint density at radius 3 is 2.54 bits per heavy atom. The molecule has 0 saturated heterocycles. The summed E-state index contributed by atoms with van der Waals surface area (Å²) in [6.07, 6.45) is 4.41. The number of sulfonamides is 1. The molecule has 134 valence electrons. The molecule has 4 rings (SSSR count). The summed E-state index contributed by atoms with van der Waals surface area (Å²) in [5, 5.41) is 0. The maximum atomic E-state index is 13.3. The van der Waals surface area contributed by atoms with Crippen LogP contribution in [-0.2, 0) is 16.4 Å². The fraction of sp³-hybridized carbons (Fsp3) is 0.250. The molecule has 26 heavy (non-hydrogen) atoms. The number of nitrogens with zero attached hydrogens (tertiary/aromatic N) is 3. The molecule has 1 aliphatic rings. The van der Waals surface area contributed by atoms with Crippen molar-refractivity contribution in [1.29, 1.82) is 0 Å². The smallest absolute Gasteiger partial charge is 0.264 e.